The molecule has 2 heterocycles. The number of hydrogen-bond acceptors (Lipinski definition) is 5. The number of hydrogen-bond donors (Lipinski definition) is 2. The van der Waals surface area contributed by atoms with Crippen molar-refractivity contribution in [1.82, 2.24) is 19.7 Å². The molecule has 19 heavy (non-hydrogen) atoms. The van der Waals surface area contributed by atoms with Gasteiger partial charge < -0.3 is 5.32 Å². The molecule has 2 aromatic heterocycles. The van der Waals surface area contributed by atoms with Crippen LogP contribution in [0.4, 0.5) is 11.8 Å². The number of carbonyl (C=O) groups excluding carboxylic acids is 1. The summed E-state index contributed by atoms with van der Waals surface area (Å²) in [5.41, 5.74) is 1.40. The second-order valence-corrected chi connectivity index (χ2v) is 4.00. The molecule has 0 aromatic carbocycles. The number of nitrogens with one attached hydrogen (secondary N) is 2. The molecule has 0 bridgehead atoms. The Morgan fingerprint density at radius 1 is 1.42 bits per heavy atom. The fourth-order valence-electron chi connectivity index (χ4n) is 1.61. The summed E-state index contributed by atoms with van der Waals surface area (Å²) in [5.74, 6) is 0.845. The largest absolute Gasteiger partial charge is 0.373 e. The molecule has 7 heteroatoms. The minimum atomic E-state index is -0.232. The van der Waals surface area contributed by atoms with Crippen molar-refractivity contribution in [2.45, 2.75) is 13.3 Å². The van der Waals surface area contributed by atoms with Crippen molar-refractivity contribution in [3.8, 4) is 0 Å². The highest BCUT2D eigenvalue weighted by molar-refractivity contribution is 6.03. The summed E-state index contributed by atoms with van der Waals surface area (Å²) in [4.78, 5) is 20.5. The Hall–Kier alpha value is -2.44. The highest BCUT2D eigenvalue weighted by Gasteiger charge is 2.11. The molecule has 0 radical (unpaired) electrons. The zero-order chi connectivity index (χ0) is 13.8. The third-order valence-electron chi connectivity index (χ3n) is 2.70. The van der Waals surface area contributed by atoms with E-state index < -0.39 is 0 Å². The summed E-state index contributed by atoms with van der Waals surface area (Å²) in [6.45, 7) is 1.99. The van der Waals surface area contributed by atoms with Crippen LogP contribution < -0.4 is 10.6 Å². The Morgan fingerprint density at radius 3 is 2.79 bits per heavy atom. The first kappa shape index (κ1) is 13.0. The van der Waals surface area contributed by atoms with Crippen LogP contribution in [0.2, 0.25) is 0 Å². The Bertz CT molecular complexity index is 569. The number of carbonyl (C=O) groups is 1. The summed E-state index contributed by atoms with van der Waals surface area (Å²) in [7, 11) is 3.48. The van der Waals surface area contributed by atoms with Gasteiger partial charge in [0.05, 0.1) is 0 Å². The Balaban J connectivity index is 2.25. The molecule has 1 amide bonds. The van der Waals surface area contributed by atoms with Gasteiger partial charge >= 0.3 is 0 Å². The number of anilines is 2. The molecule has 2 N–H and O–H groups in total. The van der Waals surface area contributed by atoms with E-state index in [9.17, 15) is 4.79 Å². The zero-order valence-corrected chi connectivity index (χ0v) is 11.1. The first-order valence-corrected chi connectivity index (χ1v) is 5.98. The van der Waals surface area contributed by atoms with Crippen LogP contribution in [-0.2, 0) is 13.5 Å². The molecule has 7 nitrogen and oxygen atoms in total. The van der Waals surface area contributed by atoms with Crippen molar-refractivity contribution in [3.63, 3.8) is 0 Å². The van der Waals surface area contributed by atoms with E-state index in [1.807, 2.05) is 6.92 Å². The first-order chi connectivity index (χ1) is 9.13. The van der Waals surface area contributed by atoms with Gasteiger partial charge in [-0.25, -0.2) is 9.67 Å². The Morgan fingerprint density at radius 2 is 2.21 bits per heavy atom. The maximum atomic E-state index is 12.2. The molecule has 2 aromatic rings. The molecule has 100 valence electrons. The van der Waals surface area contributed by atoms with Crippen LogP contribution in [0.25, 0.3) is 0 Å². The zero-order valence-electron chi connectivity index (χ0n) is 11.1. The molecule has 2 rings (SSSR count). The molecular weight excluding hydrogens is 244 g/mol. The second kappa shape index (κ2) is 5.47. The topological polar surface area (TPSA) is 84.7 Å². The SMILES string of the molecule is CCc1cc(C(=O)Nc2ncnn2C)cc(NC)n1. The van der Waals surface area contributed by atoms with E-state index in [1.54, 1.807) is 26.2 Å². The first-order valence-electron chi connectivity index (χ1n) is 5.98. The maximum Gasteiger partial charge on any atom is 0.258 e. The predicted molar refractivity (Wildman–Crippen MR) is 72.1 cm³/mol. The van der Waals surface area contributed by atoms with E-state index in [1.165, 1.54) is 11.0 Å². The van der Waals surface area contributed by atoms with E-state index in [2.05, 4.69) is 25.7 Å². The standard InChI is InChI=1S/C12H16N6O/c1-4-9-5-8(6-10(13-2)16-9)11(19)17-12-14-7-15-18(12)3/h5-7H,4H2,1-3H3,(H,13,16)(H,14,15,17,19). The van der Waals surface area contributed by atoms with E-state index in [0.717, 1.165) is 12.1 Å². The van der Waals surface area contributed by atoms with E-state index in [-0.39, 0.29) is 5.91 Å². The molecule has 0 fully saturated rings. The molecule has 0 saturated heterocycles. The fraction of sp³-hybridized carbons (Fsp3) is 0.333. The second-order valence-electron chi connectivity index (χ2n) is 4.00. The fourth-order valence-corrected chi connectivity index (χ4v) is 1.61. The van der Waals surface area contributed by atoms with Gasteiger partial charge in [-0.2, -0.15) is 10.1 Å². The maximum absolute atomic E-state index is 12.2. The van der Waals surface area contributed by atoms with Gasteiger partial charge in [-0.1, -0.05) is 6.92 Å². The van der Waals surface area contributed by atoms with Crippen LogP contribution >= 0.6 is 0 Å². The molecular formula is C12H16N6O. The van der Waals surface area contributed by atoms with Gasteiger partial charge in [0.25, 0.3) is 5.91 Å². The summed E-state index contributed by atoms with van der Waals surface area (Å²) < 4.78 is 1.50. The van der Waals surface area contributed by atoms with Crippen LogP contribution in [0.3, 0.4) is 0 Å². The lowest BCUT2D eigenvalue weighted by Crippen LogP contribution is -2.16. The van der Waals surface area contributed by atoms with E-state index >= 15 is 0 Å². The molecule has 0 aliphatic heterocycles. The number of aromatic nitrogens is 4. The third-order valence-corrected chi connectivity index (χ3v) is 2.70. The van der Waals surface area contributed by atoms with Crippen molar-refractivity contribution in [1.29, 1.82) is 0 Å². The van der Waals surface area contributed by atoms with Crippen molar-refractivity contribution in [2.75, 3.05) is 17.7 Å². The molecule has 0 atom stereocenters. The van der Waals surface area contributed by atoms with Crippen molar-refractivity contribution < 1.29 is 4.79 Å². The Kier molecular flexibility index (Phi) is 3.74. The van der Waals surface area contributed by atoms with Crippen LogP contribution in [0, 0.1) is 0 Å². The highest BCUT2D eigenvalue weighted by Crippen LogP contribution is 2.12. The summed E-state index contributed by atoms with van der Waals surface area (Å²) in [6, 6.07) is 3.47. The summed E-state index contributed by atoms with van der Waals surface area (Å²) >= 11 is 0. The number of aryl methyl sites for hydroxylation is 2. The summed E-state index contributed by atoms with van der Waals surface area (Å²) in [6.07, 6.45) is 2.15. The number of pyridine rings is 1. The normalized spacial score (nSPS) is 10.3. The molecule has 0 spiro atoms. The average molecular weight is 260 g/mol. The minimum absolute atomic E-state index is 0.232. The third kappa shape index (κ3) is 2.87. The smallest absolute Gasteiger partial charge is 0.258 e. The molecule has 0 aliphatic rings. The van der Waals surface area contributed by atoms with Gasteiger partial charge in [0, 0.05) is 25.4 Å². The van der Waals surface area contributed by atoms with Gasteiger partial charge in [-0.05, 0) is 18.6 Å². The monoisotopic (exact) mass is 260 g/mol. The summed E-state index contributed by atoms with van der Waals surface area (Å²) in [5, 5.41) is 9.54. The van der Waals surface area contributed by atoms with Crippen LogP contribution in [0.5, 0.6) is 0 Å². The van der Waals surface area contributed by atoms with Crippen molar-refractivity contribution >= 4 is 17.7 Å². The van der Waals surface area contributed by atoms with Gasteiger partial charge in [0.15, 0.2) is 0 Å². The lowest BCUT2D eigenvalue weighted by atomic mass is 10.2. The van der Waals surface area contributed by atoms with Gasteiger partial charge in [-0.3, -0.25) is 10.1 Å². The highest BCUT2D eigenvalue weighted by atomic mass is 16.1. The molecule has 0 saturated carbocycles. The Labute approximate surface area is 111 Å². The van der Waals surface area contributed by atoms with Crippen LogP contribution in [-0.4, -0.2) is 32.7 Å². The lowest BCUT2D eigenvalue weighted by molar-refractivity contribution is 0.102. The van der Waals surface area contributed by atoms with Crippen LogP contribution in [0.15, 0.2) is 18.5 Å². The quantitative estimate of drug-likeness (QED) is 0.858. The lowest BCUT2D eigenvalue weighted by Gasteiger charge is -2.08. The number of amides is 1. The van der Waals surface area contributed by atoms with Crippen LogP contribution in [0.1, 0.15) is 23.0 Å². The van der Waals surface area contributed by atoms with Gasteiger partial charge in [0.2, 0.25) is 5.95 Å². The molecule has 0 aliphatic carbocycles. The molecule has 0 unspecified atom stereocenters. The number of nitrogens with zero attached hydrogens (tertiary/aromatic N) is 4. The predicted octanol–water partition coefficient (Wildman–Crippen LogP) is 1.07. The van der Waals surface area contributed by atoms with Crippen molar-refractivity contribution in [3.05, 3.63) is 29.7 Å². The minimum Gasteiger partial charge on any atom is -0.373 e. The van der Waals surface area contributed by atoms with Gasteiger partial charge in [0.1, 0.15) is 12.1 Å². The van der Waals surface area contributed by atoms with E-state index in [4.69, 9.17) is 0 Å². The average Bonchev–Trinajstić information content (AvgIpc) is 2.83. The van der Waals surface area contributed by atoms with Gasteiger partial charge in [-0.15, -0.1) is 0 Å². The van der Waals surface area contributed by atoms with E-state index in [0.29, 0.717) is 17.3 Å². The van der Waals surface area contributed by atoms with Crippen molar-refractivity contribution in [2.24, 2.45) is 7.05 Å². The number of rotatable bonds is 4.